The summed E-state index contributed by atoms with van der Waals surface area (Å²) in [5.41, 5.74) is 0. The number of fused-ring (bicyclic) bond motifs is 1. The summed E-state index contributed by atoms with van der Waals surface area (Å²) in [7, 11) is 1.70. The third-order valence-corrected chi connectivity index (χ3v) is 5.45. The molecule has 0 aliphatic heterocycles. The quantitative estimate of drug-likeness (QED) is 0.891. The molecule has 1 aromatic carbocycles. The Labute approximate surface area is 130 Å². The van der Waals surface area contributed by atoms with Crippen LogP contribution in [0.4, 0.5) is 5.82 Å². The molecule has 3 nitrogen and oxygen atoms in total. The maximum Gasteiger partial charge on any atom is 0.134 e. The van der Waals surface area contributed by atoms with Gasteiger partial charge in [0.05, 0.1) is 7.11 Å². The first kappa shape index (κ1) is 14.5. The van der Waals surface area contributed by atoms with E-state index in [1.807, 2.05) is 18.3 Å². The fourth-order valence-corrected chi connectivity index (χ4v) is 4.27. The average molecular weight is 302 g/mol. The first-order chi connectivity index (χ1) is 10.3. The largest absolute Gasteiger partial charge is 0.497 e. The molecule has 1 fully saturated rings. The third-order valence-electron chi connectivity index (χ3n) is 4.13. The number of nitrogens with zero attached hydrogens (tertiary/aromatic N) is 1. The number of anilines is 1. The molecule has 4 heteroatoms. The number of hydrogen-bond acceptors (Lipinski definition) is 4. The van der Waals surface area contributed by atoms with Gasteiger partial charge in [-0.25, -0.2) is 4.98 Å². The Bertz CT molecular complexity index is 617. The molecule has 1 aromatic heterocycles. The molecule has 21 heavy (non-hydrogen) atoms. The van der Waals surface area contributed by atoms with Gasteiger partial charge in [-0.3, -0.25) is 0 Å². The maximum absolute atomic E-state index is 5.35. The van der Waals surface area contributed by atoms with Crippen molar-refractivity contribution in [1.29, 1.82) is 0 Å². The molecule has 0 spiro atoms. The molecule has 0 amide bonds. The molecule has 1 aliphatic rings. The summed E-state index contributed by atoms with van der Waals surface area (Å²) >= 11 is 2.06. The van der Waals surface area contributed by atoms with Crippen LogP contribution in [0.15, 0.2) is 30.5 Å². The lowest BCUT2D eigenvalue weighted by molar-refractivity contribution is 0.415. The Morgan fingerprint density at radius 1 is 1.33 bits per heavy atom. The summed E-state index contributed by atoms with van der Waals surface area (Å²) in [6.45, 7) is 2.24. The van der Waals surface area contributed by atoms with Crippen molar-refractivity contribution >= 4 is 28.4 Å². The lowest BCUT2D eigenvalue weighted by Crippen LogP contribution is -2.26. The zero-order valence-electron chi connectivity index (χ0n) is 12.6. The molecular weight excluding hydrogens is 280 g/mol. The summed E-state index contributed by atoms with van der Waals surface area (Å²) < 4.78 is 5.35. The average Bonchev–Trinajstić information content (AvgIpc) is 2.95. The number of thioether (sulfide) groups is 1. The Kier molecular flexibility index (Phi) is 4.54. The van der Waals surface area contributed by atoms with Gasteiger partial charge in [0.15, 0.2) is 0 Å². The summed E-state index contributed by atoms with van der Waals surface area (Å²) in [4.78, 5) is 4.56. The first-order valence-electron chi connectivity index (χ1n) is 7.62. The van der Waals surface area contributed by atoms with Crippen LogP contribution in [-0.2, 0) is 0 Å². The van der Waals surface area contributed by atoms with Crippen molar-refractivity contribution in [3.05, 3.63) is 30.5 Å². The molecule has 2 atom stereocenters. The summed E-state index contributed by atoms with van der Waals surface area (Å²) in [5.74, 6) is 3.05. The van der Waals surface area contributed by atoms with Gasteiger partial charge in [0.1, 0.15) is 11.6 Å². The lowest BCUT2D eigenvalue weighted by atomic mass is 10.1. The standard InChI is InChI=1S/C17H22N2OS/c1-3-21-16-6-4-5-15(16)19-17-14-11-13(20-2)8-7-12(14)9-10-18-17/h7-11,15-16H,3-6H2,1-2H3,(H,18,19). The zero-order chi connectivity index (χ0) is 14.7. The van der Waals surface area contributed by atoms with E-state index in [0.717, 1.165) is 17.0 Å². The number of hydrogen-bond donors (Lipinski definition) is 1. The lowest BCUT2D eigenvalue weighted by Gasteiger charge is -2.21. The van der Waals surface area contributed by atoms with E-state index in [0.29, 0.717) is 11.3 Å². The number of pyridine rings is 1. The zero-order valence-corrected chi connectivity index (χ0v) is 13.5. The van der Waals surface area contributed by atoms with E-state index in [4.69, 9.17) is 4.74 Å². The van der Waals surface area contributed by atoms with Gasteiger partial charge >= 0.3 is 0 Å². The van der Waals surface area contributed by atoms with Gasteiger partial charge in [0, 0.05) is 22.9 Å². The van der Waals surface area contributed by atoms with Crippen LogP contribution < -0.4 is 10.1 Å². The van der Waals surface area contributed by atoms with Gasteiger partial charge < -0.3 is 10.1 Å². The predicted molar refractivity (Wildman–Crippen MR) is 91.5 cm³/mol. The summed E-state index contributed by atoms with van der Waals surface area (Å²) in [6.07, 6.45) is 5.74. The van der Waals surface area contributed by atoms with E-state index in [2.05, 4.69) is 41.1 Å². The van der Waals surface area contributed by atoms with Crippen molar-refractivity contribution in [3.8, 4) is 5.75 Å². The van der Waals surface area contributed by atoms with Crippen LogP contribution in [0, 0.1) is 0 Å². The van der Waals surface area contributed by atoms with E-state index in [9.17, 15) is 0 Å². The summed E-state index contributed by atoms with van der Waals surface area (Å²) in [6, 6.07) is 8.74. The minimum Gasteiger partial charge on any atom is -0.497 e. The smallest absolute Gasteiger partial charge is 0.134 e. The van der Waals surface area contributed by atoms with E-state index >= 15 is 0 Å². The van der Waals surface area contributed by atoms with Crippen LogP contribution in [0.1, 0.15) is 26.2 Å². The highest BCUT2D eigenvalue weighted by Gasteiger charge is 2.27. The second-order valence-electron chi connectivity index (χ2n) is 5.42. The highest BCUT2D eigenvalue weighted by molar-refractivity contribution is 7.99. The Hall–Kier alpha value is -1.42. The first-order valence-corrected chi connectivity index (χ1v) is 8.67. The second kappa shape index (κ2) is 6.56. The van der Waals surface area contributed by atoms with Crippen molar-refractivity contribution in [2.75, 3.05) is 18.2 Å². The molecule has 1 saturated carbocycles. The Morgan fingerprint density at radius 2 is 2.24 bits per heavy atom. The van der Waals surface area contributed by atoms with Gasteiger partial charge in [-0.15, -0.1) is 0 Å². The van der Waals surface area contributed by atoms with Crippen LogP contribution in [0.25, 0.3) is 10.8 Å². The number of ether oxygens (including phenoxy) is 1. The van der Waals surface area contributed by atoms with Crippen molar-refractivity contribution in [2.24, 2.45) is 0 Å². The van der Waals surface area contributed by atoms with Crippen molar-refractivity contribution in [1.82, 2.24) is 4.98 Å². The van der Waals surface area contributed by atoms with E-state index in [-0.39, 0.29) is 0 Å². The van der Waals surface area contributed by atoms with Crippen LogP contribution in [0.5, 0.6) is 5.75 Å². The topological polar surface area (TPSA) is 34.2 Å². The SMILES string of the molecule is CCSC1CCCC1Nc1nccc2ccc(OC)cc12. The molecule has 0 radical (unpaired) electrons. The third kappa shape index (κ3) is 3.10. The molecule has 112 valence electrons. The highest BCUT2D eigenvalue weighted by atomic mass is 32.2. The van der Waals surface area contributed by atoms with Crippen LogP contribution in [0.3, 0.4) is 0 Å². The number of benzene rings is 1. The van der Waals surface area contributed by atoms with Crippen LogP contribution in [0.2, 0.25) is 0 Å². The molecule has 0 saturated heterocycles. The molecule has 2 unspecified atom stereocenters. The molecule has 1 aliphatic carbocycles. The summed E-state index contributed by atoms with van der Waals surface area (Å²) in [5, 5.41) is 6.73. The molecule has 2 aromatic rings. The normalized spacial score (nSPS) is 21.6. The minimum atomic E-state index is 0.527. The van der Waals surface area contributed by atoms with Gasteiger partial charge in [-0.2, -0.15) is 11.8 Å². The fraction of sp³-hybridized carbons (Fsp3) is 0.471. The van der Waals surface area contributed by atoms with Gasteiger partial charge in [-0.1, -0.05) is 19.4 Å². The van der Waals surface area contributed by atoms with Gasteiger partial charge in [-0.05, 0) is 42.2 Å². The number of rotatable bonds is 5. The molecular formula is C17H22N2OS. The van der Waals surface area contributed by atoms with Gasteiger partial charge in [0.25, 0.3) is 0 Å². The predicted octanol–water partition coefficient (Wildman–Crippen LogP) is 4.33. The number of aromatic nitrogens is 1. The molecule has 3 rings (SSSR count). The van der Waals surface area contributed by atoms with Crippen molar-refractivity contribution in [2.45, 2.75) is 37.5 Å². The fourth-order valence-electron chi connectivity index (χ4n) is 3.07. The minimum absolute atomic E-state index is 0.527. The second-order valence-corrected chi connectivity index (χ2v) is 6.94. The van der Waals surface area contributed by atoms with Gasteiger partial charge in [0.2, 0.25) is 0 Å². The maximum atomic E-state index is 5.35. The Morgan fingerprint density at radius 3 is 3.05 bits per heavy atom. The number of nitrogens with one attached hydrogen (secondary N) is 1. The van der Waals surface area contributed by atoms with E-state index in [1.54, 1.807) is 7.11 Å². The van der Waals surface area contributed by atoms with Crippen LogP contribution >= 0.6 is 11.8 Å². The Balaban J connectivity index is 1.89. The van der Waals surface area contributed by atoms with Crippen molar-refractivity contribution in [3.63, 3.8) is 0 Å². The van der Waals surface area contributed by atoms with Crippen LogP contribution in [-0.4, -0.2) is 29.1 Å². The molecule has 1 heterocycles. The molecule has 0 bridgehead atoms. The molecule has 1 N–H and O–H groups in total. The van der Waals surface area contributed by atoms with Crippen molar-refractivity contribution < 1.29 is 4.74 Å². The van der Waals surface area contributed by atoms with E-state index < -0.39 is 0 Å². The van der Waals surface area contributed by atoms with E-state index in [1.165, 1.54) is 30.4 Å². The highest BCUT2D eigenvalue weighted by Crippen LogP contribution is 2.33. The monoisotopic (exact) mass is 302 g/mol. The number of methoxy groups -OCH3 is 1.